The molecule has 0 spiro atoms. The van der Waals surface area contributed by atoms with Crippen LogP contribution in [0.25, 0.3) is 0 Å². The summed E-state index contributed by atoms with van der Waals surface area (Å²) in [7, 11) is 0. The van der Waals surface area contributed by atoms with Gasteiger partial charge in [-0.3, -0.25) is 0 Å². The fraction of sp³-hybridized carbons (Fsp3) is 0.286. The molecule has 1 aromatic carbocycles. The maximum atomic E-state index is 5.88. The molecule has 0 atom stereocenters. The molecular formula is C14H16BrN3O. The Bertz CT molecular complexity index is 560. The summed E-state index contributed by atoms with van der Waals surface area (Å²) >= 11 is 3.41. The third-order valence-corrected chi connectivity index (χ3v) is 3.15. The Labute approximate surface area is 121 Å². The number of rotatable bonds is 5. The van der Waals surface area contributed by atoms with Gasteiger partial charge in [-0.25, -0.2) is 4.98 Å². The quantitative estimate of drug-likeness (QED) is 0.903. The maximum absolute atomic E-state index is 5.88. The molecule has 1 heterocycles. The summed E-state index contributed by atoms with van der Waals surface area (Å²) in [6.07, 6.45) is 2.60. The Morgan fingerprint density at radius 1 is 1.26 bits per heavy atom. The summed E-state index contributed by atoms with van der Waals surface area (Å²) < 4.78 is 6.62. The van der Waals surface area contributed by atoms with Gasteiger partial charge in [0, 0.05) is 6.54 Å². The van der Waals surface area contributed by atoms with Gasteiger partial charge in [0.1, 0.15) is 5.75 Å². The van der Waals surface area contributed by atoms with Gasteiger partial charge in [-0.2, -0.15) is 4.98 Å². The molecule has 0 aliphatic carbocycles. The molecular weight excluding hydrogens is 306 g/mol. The van der Waals surface area contributed by atoms with Gasteiger partial charge in [-0.1, -0.05) is 25.1 Å². The molecule has 0 aliphatic heterocycles. The molecule has 100 valence electrons. The van der Waals surface area contributed by atoms with E-state index in [0.29, 0.717) is 11.8 Å². The zero-order chi connectivity index (χ0) is 13.7. The van der Waals surface area contributed by atoms with E-state index in [1.54, 1.807) is 6.20 Å². The summed E-state index contributed by atoms with van der Waals surface area (Å²) in [5, 5.41) is 3.07. The van der Waals surface area contributed by atoms with Crippen molar-refractivity contribution in [1.29, 1.82) is 0 Å². The van der Waals surface area contributed by atoms with Crippen molar-refractivity contribution in [3.8, 4) is 11.6 Å². The minimum atomic E-state index is 0.520. The topological polar surface area (TPSA) is 47.0 Å². The van der Waals surface area contributed by atoms with Crippen LogP contribution in [0.15, 0.2) is 34.9 Å². The van der Waals surface area contributed by atoms with Crippen molar-refractivity contribution >= 4 is 21.9 Å². The van der Waals surface area contributed by atoms with Crippen LogP contribution in [-0.2, 0) is 6.42 Å². The number of ether oxygens (including phenoxy) is 1. The molecule has 0 fully saturated rings. The van der Waals surface area contributed by atoms with Crippen LogP contribution in [0.5, 0.6) is 11.6 Å². The van der Waals surface area contributed by atoms with Crippen molar-refractivity contribution < 1.29 is 4.74 Å². The van der Waals surface area contributed by atoms with Crippen molar-refractivity contribution in [2.75, 3.05) is 11.9 Å². The second-order valence-corrected chi connectivity index (χ2v) is 4.79. The molecule has 0 saturated carbocycles. The van der Waals surface area contributed by atoms with Crippen LogP contribution < -0.4 is 10.1 Å². The van der Waals surface area contributed by atoms with E-state index in [1.807, 2.05) is 25.1 Å². The first-order chi connectivity index (χ1) is 9.24. The number of aromatic nitrogens is 2. The van der Waals surface area contributed by atoms with Crippen LogP contribution >= 0.6 is 15.9 Å². The predicted octanol–water partition coefficient (Wildman–Crippen LogP) is 4.03. The summed E-state index contributed by atoms with van der Waals surface area (Å²) in [6, 6.07) is 7.95. The van der Waals surface area contributed by atoms with Crippen LogP contribution in [-0.4, -0.2) is 16.5 Å². The first-order valence-electron chi connectivity index (χ1n) is 6.26. The molecule has 0 bridgehead atoms. The van der Waals surface area contributed by atoms with Gasteiger partial charge in [-0.15, -0.1) is 0 Å². The number of nitrogens with one attached hydrogen (secondary N) is 1. The smallest absolute Gasteiger partial charge is 0.238 e. The Balaban J connectivity index is 2.29. The monoisotopic (exact) mass is 321 g/mol. The van der Waals surface area contributed by atoms with E-state index < -0.39 is 0 Å². The molecule has 4 nitrogen and oxygen atoms in total. The van der Waals surface area contributed by atoms with Crippen LogP contribution in [0.3, 0.4) is 0 Å². The molecule has 5 heteroatoms. The highest BCUT2D eigenvalue weighted by molar-refractivity contribution is 9.10. The minimum Gasteiger partial charge on any atom is -0.437 e. The first-order valence-corrected chi connectivity index (χ1v) is 7.06. The van der Waals surface area contributed by atoms with Crippen LogP contribution in [0, 0.1) is 0 Å². The van der Waals surface area contributed by atoms with Gasteiger partial charge in [0.25, 0.3) is 0 Å². The fourth-order valence-corrected chi connectivity index (χ4v) is 1.94. The molecule has 0 amide bonds. The van der Waals surface area contributed by atoms with Crippen LogP contribution in [0.4, 0.5) is 5.95 Å². The highest BCUT2D eigenvalue weighted by Gasteiger charge is 2.09. The summed E-state index contributed by atoms with van der Waals surface area (Å²) in [6.45, 7) is 4.87. The molecule has 0 radical (unpaired) electrons. The summed E-state index contributed by atoms with van der Waals surface area (Å²) in [4.78, 5) is 8.51. The van der Waals surface area contributed by atoms with Crippen molar-refractivity contribution in [1.82, 2.24) is 9.97 Å². The highest BCUT2D eigenvalue weighted by atomic mass is 79.9. The lowest BCUT2D eigenvalue weighted by Crippen LogP contribution is -2.03. The molecule has 19 heavy (non-hydrogen) atoms. The number of hydrogen-bond acceptors (Lipinski definition) is 4. The van der Waals surface area contributed by atoms with E-state index in [0.717, 1.165) is 28.8 Å². The van der Waals surface area contributed by atoms with Crippen molar-refractivity contribution in [2.24, 2.45) is 0 Å². The lowest BCUT2D eigenvalue weighted by molar-refractivity contribution is 0.453. The largest absolute Gasteiger partial charge is 0.437 e. The zero-order valence-electron chi connectivity index (χ0n) is 11.0. The fourth-order valence-electron chi connectivity index (χ4n) is 1.67. The third kappa shape index (κ3) is 3.44. The van der Waals surface area contributed by atoms with Crippen molar-refractivity contribution in [3.63, 3.8) is 0 Å². The molecule has 1 aromatic heterocycles. The van der Waals surface area contributed by atoms with E-state index in [4.69, 9.17) is 4.74 Å². The van der Waals surface area contributed by atoms with Crippen molar-refractivity contribution in [2.45, 2.75) is 20.3 Å². The summed E-state index contributed by atoms with van der Waals surface area (Å²) in [5.41, 5.74) is 1.15. The lowest BCUT2D eigenvalue weighted by Gasteiger charge is -2.11. The normalized spacial score (nSPS) is 10.3. The summed E-state index contributed by atoms with van der Waals surface area (Å²) in [5.74, 6) is 1.91. The molecule has 0 unspecified atom stereocenters. The Kier molecular flexibility index (Phi) is 4.74. The lowest BCUT2D eigenvalue weighted by atomic mass is 10.1. The molecule has 1 N–H and O–H groups in total. The van der Waals surface area contributed by atoms with Gasteiger partial charge in [0.2, 0.25) is 11.8 Å². The Hall–Kier alpha value is -1.62. The Morgan fingerprint density at radius 2 is 2.05 bits per heavy atom. The number of para-hydroxylation sites is 1. The molecule has 0 saturated heterocycles. The number of halogens is 1. The van der Waals surface area contributed by atoms with E-state index >= 15 is 0 Å². The predicted molar refractivity (Wildman–Crippen MR) is 79.8 cm³/mol. The van der Waals surface area contributed by atoms with Gasteiger partial charge in [0.15, 0.2) is 0 Å². The van der Waals surface area contributed by atoms with Crippen molar-refractivity contribution in [3.05, 3.63) is 40.5 Å². The van der Waals surface area contributed by atoms with E-state index in [1.165, 1.54) is 0 Å². The van der Waals surface area contributed by atoms with E-state index in [9.17, 15) is 0 Å². The minimum absolute atomic E-state index is 0.520. The molecule has 2 aromatic rings. The first kappa shape index (κ1) is 13.8. The number of aryl methyl sites for hydroxylation is 1. The third-order valence-electron chi connectivity index (χ3n) is 2.61. The SMILES string of the molecule is CCNc1ncc(Br)c(Oc2ccccc2CC)n1. The zero-order valence-corrected chi connectivity index (χ0v) is 12.6. The molecule has 2 rings (SSSR count). The van der Waals surface area contributed by atoms with Crippen LogP contribution in [0.1, 0.15) is 19.4 Å². The number of anilines is 1. The van der Waals surface area contributed by atoms with Gasteiger partial charge in [0.05, 0.1) is 10.7 Å². The average Bonchev–Trinajstić information content (AvgIpc) is 2.43. The van der Waals surface area contributed by atoms with E-state index in [2.05, 4.69) is 44.2 Å². The van der Waals surface area contributed by atoms with Gasteiger partial charge in [-0.05, 0) is 40.9 Å². The second kappa shape index (κ2) is 6.52. The van der Waals surface area contributed by atoms with Crippen LogP contribution in [0.2, 0.25) is 0 Å². The highest BCUT2D eigenvalue weighted by Crippen LogP contribution is 2.30. The van der Waals surface area contributed by atoms with Gasteiger partial charge < -0.3 is 10.1 Å². The van der Waals surface area contributed by atoms with E-state index in [-0.39, 0.29) is 0 Å². The number of nitrogens with zero attached hydrogens (tertiary/aromatic N) is 2. The maximum Gasteiger partial charge on any atom is 0.238 e. The standard InChI is InChI=1S/C14H16BrN3O/c1-3-10-7-5-6-8-12(10)19-13-11(15)9-17-14(18-13)16-4-2/h5-9H,3-4H2,1-2H3,(H,16,17,18). The number of benzene rings is 1. The number of hydrogen-bond donors (Lipinski definition) is 1. The molecule has 0 aliphatic rings. The average molecular weight is 322 g/mol. The second-order valence-electron chi connectivity index (χ2n) is 3.94. The van der Waals surface area contributed by atoms with Gasteiger partial charge >= 0.3 is 0 Å². The Morgan fingerprint density at radius 3 is 2.79 bits per heavy atom.